The molecular weight excluding hydrogens is 214 g/mol. The van der Waals surface area contributed by atoms with E-state index in [1.807, 2.05) is 31.2 Å². The number of hydrogen-bond donors (Lipinski definition) is 3. The van der Waals surface area contributed by atoms with Crippen LogP contribution in [0, 0.1) is 0 Å². The van der Waals surface area contributed by atoms with Crippen molar-refractivity contribution in [1.29, 1.82) is 0 Å². The fourth-order valence-electron chi connectivity index (χ4n) is 1.23. The van der Waals surface area contributed by atoms with Gasteiger partial charge in [0.15, 0.2) is 5.84 Å². The predicted molar refractivity (Wildman–Crippen MR) is 61.3 cm³/mol. The number of nitrogens with two attached hydrogens (primary N) is 1. The van der Waals surface area contributed by atoms with Crippen molar-refractivity contribution in [3.8, 4) is 0 Å². The first-order valence-electron chi connectivity index (χ1n) is 4.59. The van der Waals surface area contributed by atoms with Gasteiger partial charge in [-0.3, -0.25) is 0 Å². The van der Waals surface area contributed by atoms with E-state index in [9.17, 15) is 0 Å². The molecule has 0 amide bonds. The lowest BCUT2D eigenvalue weighted by Crippen LogP contribution is -2.30. The van der Waals surface area contributed by atoms with Gasteiger partial charge in [-0.15, -0.1) is 0 Å². The summed E-state index contributed by atoms with van der Waals surface area (Å²) >= 11 is 6.02. The quantitative estimate of drug-likeness (QED) is 0.318. The fraction of sp³-hybridized carbons (Fsp3) is 0.300. The molecule has 1 aromatic rings. The third-order valence-corrected chi connectivity index (χ3v) is 2.43. The zero-order chi connectivity index (χ0) is 11.3. The number of amidine groups is 1. The van der Waals surface area contributed by atoms with Gasteiger partial charge in [-0.2, -0.15) is 0 Å². The van der Waals surface area contributed by atoms with Gasteiger partial charge in [-0.1, -0.05) is 35.0 Å². The van der Waals surface area contributed by atoms with Gasteiger partial charge < -0.3 is 16.3 Å². The van der Waals surface area contributed by atoms with E-state index in [4.69, 9.17) is 22.5 Å². The number of oxime groups is 1. The Morgan fingerprint density at radius 1 is 1.60 bits per heavy atom. The van der Waals surface area contributed by atoms with Gasteiger partial charge in [0.2, 0.25) is 0 Å². The van der Waals surface area contributed by atoms with Gasteiger partial charge >= 0.3 is 0 Å². The van der Waals surface area contributed by atoms with Crippen molar-refractivity contribution in [2.75, 3.05) is 6.54 Å². The Bertz CT molecular complexity index is 354. The lowest BCUT2D eigenvalue weighted by atomic mass is 10.1. The smallest absolute Gasteiger partial charge is 0.153 e. The molecular formula is C10H14ClN3O. The van der Waals surface area contributed by atoms with Gasteiger partial charge in [0, 0.05) is 11.1 Å². The molecule has 0 aromatic heterocycles. The third-order valence-electron chi connectivity index (χ3n) is 2.09. The van der Waals surface area contributed by atoms with Crippen LogP contribution >= 0.6 is 11.6 Å². The molecule has 0 saturated heterocycles. The Hall–Kier alpha value is -1.26. The van der Waals surface area contributed by atoms with Crippen molar-refractivity contribution in [3.05, 3.63) is 34.9 Å². The van der Waals surface area contributed by atoms with Gasteiger partial charge in [-0.25, -0.2) is 0 Å². The molecule has 0 fully saturated rings. The molecule has 0 bridgehead atoms. The number of rotatable bonds is 4. The molecule has 0 aliphatic heterocycles. The van der Waals surface area contributed by atoms with Crippen molar-refractivity contribution in [2.24, 2.45) is 10.9 Å². The van der Waals surface area contributed by atoms with Gasteiger partial charge in [0.1, 0.15) is 0 Å². The predicted octanol–water partition coefficient (Wildman–Crippen LogP) is 1.74. The van der Waals surface area contributed by atoms with Crippen LogP contribution in [0.4, 0.5) is 0 Å². The van der Waals surface area contributed by atoms with Crippen molar-refractivity contribution in [3.63, 3.8) is 0 Å². The molecule has 0 radical (unpaired) electrons. The maximum absolute atomic E-state index is 8.37. The SMILES string of the molecule is C[C@H](NC/C(N)=N/O)c1ccccc1Cl. The summed E-state index contributed by atoms with van der Waals surface area (Å²) in [6.45, 7) is 2.29. The molecule has 1 atom stereocenters. The van der Waals surface area contributed by atoms with Crippen LogP contribution in [0.2, 0.25) is 5.02 Å². The second-order valence-corrected chi connectivity index (χ2v) is 3.62. The van der Waals surface area contributed by atoms with E-state index < -0.39 is 0 Å². The van der Waals surface area contributed by atoms with E-state index in [1.165, 1.54) is 0 Å². The van der Waals surface area contributed by atoms with E-state index in [-0.39, 0.29) is 11.9 Å². The minimum Gasteiger partial charge on any atom is -0.409 e. The van der Waals surface area contributed by atoms with Gasteiger partial charge in [0.25, 0.3) is 0 Å². The summed E-state index contributed by atoms with van der Waals surface area (Å²) in [5.74, 6) is 0.147. The van der Waals surface area contributed by atoms with Crippen LogP contribution in [0.1, 0.15) is 18.5 Å². The highest BCUT2D eigenvalue weighted by Gasteiger charge is 2.08. The minimum absolute atomic E-state index is 0.0546. The lowest BCUT2D eigenvalue weighted by molar-refractivity contribution is 0.316. The van der Waals surface area contributed by atoms with E-state index in [1.54, 1.807) is 0 Å². The van der Waals surface area contributed by atoms with E-state index >= 15 is 0 Å². The Kier molecular flexibility index (Phi) is 4.39. The average Bonchev–Trinajstić information content (AvgIpc) is 2.26. The largest absolute Gasteiger partial charge is 0.409 e. The number of nitrogens with one attached hydrogen (secondary N) is 1. The topological polar surface area (TPSA) is 70.6 Å². The molecule has 4 nitrogen and oxygen atoms in total. The van der Waals surface area contributed by atoms with Gasteiger partial charge in [-0.05, 0) is 18.6 Å². The maximum atomic E-state index is 8.37. The second kappa shape index (κ2) is 5.58. The number of hydrogen-bond acceptors (Lipinski definition) is 3. The maximum Gasteiger partial charge on any atom is 0.153 e. The molecule has 5 heteroatoms. The van der Waals surface area contributed by atoms with Crippen LogP contribution in [0.5, 0.6) is 0 Å². The fourth-order valence-corrected chi connectivity index (χ4v) is 1.53. The Morgan fingerprint density at radius 3 is 2.87 bits per heavy atom. The summed E-state index contributed by atoms with van der Waals surface area (Å²) in [4.78, 5) is 0. The molecule has 0 aliphatic carbocycles. The van der Waals surface area contributed by atoms with E-state index in [2.05, 4.69) is 10.5 Å². The zero-order valence-corrected chi connectivity index (χ0v) is 9.20. The normalized spacial score (nSPS) is 13.9. The molecule has 1 aromatic carbocycles. The molecule has 82 valence electrons. The molecule has 0 saturated carbocycles. The van der Waals surface area contributed by atoms with Crippen LogP contribution < -0.4 is 11.1 Å². The molecule has 15 heavy (non-hydrogen) atoms. The molecule has 0 spiro atoms. The van der Waals surface area contributed by atoms with Crippen molar-refractivity contribution in [1.82, 2.24) is 5.32 Å². The highest BCUT2D eigenvalue weighted by molar-refractivity contribution is 6.31. The van der Waals surface area contributed by atoms with Crippen LogP contribution in [-0.4, -0.2) is 17.6 Å². The minimum atomic E-state index is 0.0546. The number of nitrogens with zero attached hydrogens (tertiary/aromatic N) is 1. The molecule has 4 N–H and O–H groups in total. The van der Waals surface area contributed by atoms with Crippen LogP contribution in [0.15, 0.2) is 29.4 Å². The van der Waals surface area contributed by atoms with Crippen molar-refractivity contribution < 1.29 is 5.21 Å². The van der Waals surface area contributed by atoms with Gasteiger partial charge in [0.05, 0.1) is 6.54 Å². The Balaban J connectivity index is 2.61. The average molecular weight is 228 g/mol. The monoisotopic (exact) mass is 227 g/mol. The van der Waals surface area contributed by atoms with E-state index in [0.717, 1.165) is 5.56 Å². The number of halogens is 1. The highest BCUT2D eigenvalue weighted by atomic mass is 35.5. The lowest BCUT2D eigenvalue weighted by Gasteiger charge is -2.14. The summed E-state index contributed by atoms with van der Waals surface area (Å²) in [7, 11) is 0. The molecule has 0 unspecified atom stereocenters. The van der Waals surface area contributed by atoms with Crippen LogP contribution in [0.25, 0.3) is 0 Å². The summed E-state index contributed by atoms with van der Waals surface area (Å²) in [6.07, 6.45) is 0. The third kappa shape index (κ3) is 3.42. The second-order valence-electron chi connectivity index (χ2n) is 3.22. The first kappa shape index (κ1) is 11.8. The standard InChI is InChI=1S/C10H14ClN3O/c1-7(13-6-10(12)14-15)8-4-2-3-5-9(8)11/h2-5,7,13,15H,6H2,1H3,(H2,12,14)/t7-/m0/s1. The summed E-state index contributed by atoms with van der Waals surface area (Å²) in [6, 6.07) is 7.62. The summed E-state index contributed by atoms with van der Waals surface area (Å²) in [5.41, 5.74) is 6.33. The summed E-state index contributed by atoms with van der Waals surface area (Å²) in [5, 5.41) is 15.0. The highest BCUT2D eigenvalue weighted by Crippen LogP contribution is 2.21. The van der Waals surface area contributed by atoms with Crippen LogP contribution in [0.3, 0.4) is 0 Å². The van der Waals surface area contributed by atoms with Crippen molar-refractivity contribution in [2.45, 2.75) is 13.0 Å². The molecule has 0 heterocycles. The zero-order valence-electron chi connectivity index (χ0n) is 8.44. The Labute approximate surface area is 93.7 Å². The number of benzene rings is 1. The van der Waals surface area contributed by atoms with Crippen LogP contribution in [-0.2, 0) is 0 Å². The first-order chi connectivity index (χ1) is 7.15. The first-order valence-corrected chi connectivity index (χ1v) is 4.97. The van der Waals surface area contributed by atoms with E-state index in [0.29, 0.717) is 11.6 Å². The molecule has 1 rings (SSSR count). The summed E-state index contributed by atoms with van der Waals surface area (Å²) < 4.78 is 0. The van der Waals surface area contributed by atoms with Crippen molar-refractivity contribution >= 4 is 17.4 Å². The Morgan fingerprint density at radius 2 is 2.27 bits per heavy atom. The molecule has 0 aliphatic rings.